The summed E-state index contributed by atoms with van der Waals surface area (Å²) in [6.07, 6.45) is 4.21. The van der Waals surface area contributed by atoms with Crippen LogP contribution < -0.4 is 4.57 Å². The quantitative estimate of drug-likeness (QED) is 0.623. The van der Waals surface area contributed by atoms with Crippen molar-refractivity contribution < 1.29 is 4.57 Å². The summed E-state index contributed by atoms with van der Waals surface area (Å²) in [6.45, 7) is 0. The first-order valence-corrected chi connectivity index (χ1v) is 6.42. The molecule has 1 atom stereocenters. The average Bonchev–Trinajstić information content (AvgIpc) is 2.51. The molecule has 1 unspecified atom stereocenters. The summed E-state index contributed by atoms with van der Waals surface area (Å²) in [4.78, 5) is 0. The van der Waals surface area contributed by atoms with Gasteiger partial charge in [-0.25, -0.2) is 0 Å². The standard InChI is InChI=1S/C18H15N/c1-4-10-16(11-5-1)18(17-12-6-2-7-13-17)19-14-8-3-9-15-19/h1,3-15,18H/q+1. The van der Waals surface area contributed by atoms with Crippen molar-refractivity contribution in [3.05, 3.63) is 102 Å². The predicted molar refractivity (Wildman–Crippen MR) is 75.6 cm³/mol. The van der Waals surface area contributed by atoms with Crippen LogP contribution in [-0.4, -0.2) is 0 Å². The van der Waals surface area contributed by atoms with Crippen LogP contribution in [0.5, 0.6) is 0 Å². The van der Waals surface area contributed by atoms with Gasteiger partial charge in [0.2, 0.25) is 6.04 Å². The molecule has 0 N–H and O–H groups in total. The lowest BCUT2D eigenvalue weighted by molar-refractivity contribution is -0.704. The van der Waals surface area contributed by atoms with E-state index in [4.69, 9.17) is 0 Å². The second kappa shape index (κ2) is 5.49. The van der Waals surface area contributed by atoms with Crippen molar-refractivity contribution in [2.24, 2.45) is 0 Å². The number of nitrogens with zero attached hydrogens (tertiary/aromatic N) is 1. The molecular formula is C18H15N+. The van der Waals surface area contributed by atoms with Crippen molar-refractivity contribution >= 4 is 0 Å². The topological polar surface area (TPSA) is 3.88 Å². The summed E-state index contributed by atoms with van der Waals surface area (Å²) >= 11 is 0. The molecule has 0 amide bonds. The lowest BCUT2D eigenvalue weighted by Crippen LogP contribution is -2.39. The molecule has 3 aromatic rings. The maximum Gasteiger partial charge on any atom is 0.208 e. The number of hydrogen-bond acceptors (Lipinski definition) is 0. The van der Waals surface area contributed by atoms with E-state index in [0.717, 1.165) is 0 Å². The Bertz CT molecular complexity index is 524. The Morgan fingerprint density at radius 2 is 1.26 bits per heavy atom. The van der Waals surface area contributed by atoms with E-state index in [1.807, 2.05) is 18.2 Å². The summed E-state index contributed by atoms with van der Waals surface area (Å²) in [7, 11) is 0. The van der Waals surface area contributed by atoms with E-state index in [1.165, 1.54) is 11.1 Å². The zero-order valence-corrected chi connectivity index (χ0v) is 10.6. The van der Waals surface area contributed by atoms with Crippen molar-refractivity contribution in [1.82, 2.24) is 0 Å². The van der Waals surface area contributed by atoms with Crippen LogP contribution in [0.3, 0.4) is 0 Å². The van der Waals surface area contributed by atoms with Gasteiger partial charge in [0.1, 0.15) is 0 Å². The highest BCUT2D eigenvalue weighted by atomic mass is 15.0. The van der Waals surface area contributed by atoms with Gasteiger partial charge in [-0.3, -0.25) is 0 Å². The van der Waals surface area contributed by atoms with Crippen LogP contribution in [0.2, 0.25) is 0 Å². The van der Waals surface area contributed by atoms with Gasteiger partial charge in [0.15, 0.2) is 12.4 Å². The molecule has 0 aliphatic heterocycles. The minimum absolute atomic E-state index is 0.206. The highest BCUT2D eigenvalue weighted by Gasteiger charge is 2.22. The molecule has 1 heteroatoms. The summed E-state index contributed by atoms with van der Waals surface area (Å²) < 4.78 is 2.23. The molecule has 0 saturated heterocycles. The SMILES string of the molecule is [c]1ccc(C(c2ccccc2)[n+]2ccccc2)cc1. The molecule has 19 heavy (non-hydrogen) atoms. The number of benzene rings is 2. The molecule has 0 spiro atoms. The molecule has 91 valence electrons. The molecule has 0 aliphatic rings. The molecular weight excluding hydrogens is 230 g/mol. The molecule has 3 rings (SSSR count). The third-order valence-electron chi connectivity index (χ3n) is 3.21. The molecule has 0 fully saturated rings. The van der Waals surface area contributed by atoms with Gasteiger partial charge in [-0.15, -0.1) is 0 Å². The highest BCUT2D eigenvalue weighted by Crippen LogP contribution is 2.20. The maximum atomic E-state index is 3.08. The first-order valence-electron chi connectivity index (χ1n) is 6.42. The van der Waals surface area contributed by atoms with Crippen molar-refractivity contribution in [1.29, 1.82) is 0 Å². The monoisotopic (exact) mass is 245 g/mol. The van der Waals surface area contributed by atoms with Crippen LogP contribution in [0.25, 0.3) is 0 Å². The summed E-state index contributed by atoms with van der Waals surface area (Å²) in [5, 5.41) is 0. The second-order valence-corrected chi connectivity index (χ2v) is 4.47. The van der Waals surface area contributed by atoms with Gasteiger partial charge < -0.3 is 0 Å². The number of rotatable bonds is 3. The smallest absolute Gasteiger partial charge is 0.194 e. The van der Waals surface area contributed by atoms with Crippen LogP contribution in [0.15, 0.2) is 85.2 Å². The second-order valence-electron chi connectivity index (χ2n) is 4.47. The van der Waals surface area contributed by atoms with E-state index in [9.17, 15) is 0 Å². The first-order chi connectivity index (χ1) is 9.45. The van der Waals surface area contributed by atoms with Crippen LogP contribution in [0.1, 0.15) is 17.2 Å². The zero-order valence-electron chi connectivity index (χ0n) is 10.6. The van der Waals surface area contributed by atoms with E-state index in [0.29, 0.717) is 0 Å². The Hall–Kier alpha value is -2.41. The minimum atomic E-state index is 0.206. The fourth-order valence-electron chi connectivity index (χ4n) is 2.34. The molecule has 1 radical (unpaired) electrons. The number of hydrogen-bond donors (Lipinski definition) is 0. The van der Waals surface area contributed by atoms with Gasteiger partial charge in [0.25, 0.3) is 0 Å². The van der Waals surface area contributed by atoms with Crippen molar-refractivity contribution in [2.75, 3.05) is 0 Å². The van der Waals surface area contributed by atoms with E-state index < -0.39 is 0 Å². The van der Waals surface area contributed by atoms with Gasteiger partial charge in [0, 0.05) is 23.3 Å². The van der Waals surface area contributed by atoms with E-state index >= 15 is 0 Å². The highest BCUT2D eigenvalue weighted by molar-refractivity contribution is 5.29. The normalized spacial score (nSPS) is 10.6. The third kappa shape index (κ3) is 2.55. The largest absolute Gasteiger partial charge is 0.208 e. The molecule has 1 nitrogen and oxygen atoms in total. The Balaban J connectivity index is 2.12. The molecule has 2 aromatic carbocycles. The summed E-state index contributed by atoms with van der Waals surface area (Å²) in [5.41, 5.74) is 2.55. The maximum absolute atomic E-state index is 3.08. The van der Waals surface area contributed by atoms with Crippen LogP contribution >= 0.6 is 0 Å². The van der Waals surface area contributed by atoms with Crippen molar-refractivity contribution in [2.45, 2.75) is 6.04 Å². The first kappa shape index (κ1) is 11.7. The Morgan fingerprint density at radius 1 is 0.684 bits per heavy atom. The number of pyridine rings is 1. The zero-order chi connectivity index (χ0) is 12.9. The van der Waals surface area contributed by atoms with Gasteiger partial charge in [-0.2, -0.15) is 4.57 Å². The molecule has 0 bridgehead atoms. The molecule has 1 heterocycles. The summed E-state index contributed by atoms with van der Waals surface area (Å²) in [6, 6.07) is 28.2. The molecule has 0 saturated carbocycles. The van der Waals surface area contributed by atoms with Crippen LogP contribution in [0.4, 0.5) is 0 Å². The Kier molecular flexibility index (Phi) is 3.37. The van der Waals surface area contributed by atoms with E-state index in [2.05, 4.69) is 77.6 Å². The fourth-order valence-corrected chi connectivity index (χ4v) is 2.34. The van der Waals surface area contributed by atoms with E-state index in [1.54, 1.807) is 0 Å². The van der Waals surface area contributed by atoms with Gasteiger partial charge in [-0.05, 0) is 6.07 Å². The molecule has 0 aliphatic carbocycles. The minimum Gasteiger partial charge on any atom is -0.194 e. The molecule has 1 aromatic heterocycles. The number of aromatic nitrogens is 1. The predicted octanol–water partition coefficient (Wildman–Crippen LogP) is 3.41. The van der Waals surface area contributed by atoms with Gasteiger partial charge in [-0.1, -0.05) is 60.7 Å². The van der Waals surface area contributed by atoms with Gasteiger partial charge >= 0.3 is 0 Å². The Labute approximate surface area is 113 Å². The summed E-state index contributed by atoms with van der Waals surface area (Å²) in [5.74, 6) is 0. The van der Waals surface area contributed by atoms with Crippen molar-refractivity contribution in [3.8, 4) is 0 Å². The lowest BCUT2D eigenvalue weighted by Gasteiger charge is -2.13. The average molecular weight is 245 g/mol. The van der Waals surface area contributed by atoms with E-state index in [-0.39, 0.29) is 6.04 Å². The van der Waals surface area contributed by atoms with Crippen molar-refractivity contribution in [3.63, 3.8) is 0 Å². The lowest BCUT2D eigenvalue weighted by atomic mass is 9.98. The Morgan fingerprint density at radius 3 is 1.95 bits per heavy atom. The fraction of sp³-hybridized carbons (Fsp3) is 0.0556. The van der Waals surface area contributed by atoms with Crippen LogP contribution in [0, 0.1) is 6.07 Å². The van der Waals surface area contributed by atoms with Crippen LogP contribution in [-0.2, 0) is 0 Å². The van der Waals surface area contributed by atoms with Gasteiger partial charge in [0.05, 0.1) is 0 Å². The third-order valence-corrected chi connectivity index (χ3v) is 3.21.